The molecule has 2 aromatic carbocycles. The largest absolute Gasteiger partial charge is 0.508 e. The highest BCUT2D eigenvalue weighted by molar-refractivity contribution is 6.05. The van der Waals surface area contributed by atoms with E-state index >= 15 is 0 Å². The first-order valence-electron chi connectivity index (χ1n) is 8.75. The summed E-state index contributed by atoms with van der Waals surface area (Å²) in [5.74, 6) is 0.481. The summed E-state index contributed by atoms with van der Waals surface area (Å²) < 4.78 is 1.97. The molecule has 4 aromatic rings. The number of carbonyl (C=O) groups excluding carboxylic acids is 1. The Kier molecular flexibility index (Phi) is 4.76. The van der Waals surface area contributed by atoms with E-state index in [0.29, 0.717) is 17.1 Å². The molecule has 1 amide bonds. The molecule has 0 spiro atoms. The van der Waals surface area contributed by atoms with Crippen molar-refractivity contribution in [1.82, 2.24) is 9.55 Å². The van der Waals surface area contributed by atoms with E-state index in [-0.39, 0.29) is 11.7 Å². The van der Waals surface area contributed by atoms with Crippen LogP contribution in [0.1, 0.15) is 10.4 Å². The van der Waals surface area contributed by atoms with Gasteiger partial charge in [-0.1, -0.05) is 0 Å². The molecular formula is C22H18N4O2. The van der Waals surface area contributed by atoms with E-state index < -0.39 is 0 Å². The van der Waals surface area contributed by atoms with Crippen LogP contribution >= 0.6 is 0 Å². The first-order chi connectivity index (χ1) is 13.7. The van der Waals surface area contributed by atoms with E-state index in [2.05, 4.69) is 15.6 Å². The summed E-state index contributed by atoms with van der Waals surface area (Å²) in [6.45, 7) is 0. The maximum atomic E-state index is 12.7. The van der Waals surface area contributed by atoms with Crippen LogP contribution in [0.5, 0.6) is 5.75 Å². The minimum atomic E-state index is -0.221. The van der Waals surface area contributed by atoms with Crippen molar-refractivity contribution in [2.24, 2.45) is 0 Å². The number of hydrogen-bond acceptors (Lipinski definition) is 4. The van der Waals surface area contributed by atoms with Gasteiger partial charge in [-0.25, -0.2) is 4.98 Å². The topological polar surface area (TPSA) is 79.2 Å². The molecule has 0 aliphatic rings. The molecule has 4 rings (SSSR count). The van der Waals surface area contributed by atoms with E-state index in [0.717, 1.165) is 11.4 Å². The lowest BCUT2D eigenvalue weighted by Crippen LogP contribution is -2.13. The molecule has 0 aliphatic heterocycles. The fraction of sp³-hybridized carbons (Fsp3) is 0. The van der Waals surface area contributed by atoms with Gasteiger partial charge in [-0.3, -0.25) is 4.79 Å². The molecular weight excluding hydrogens is 352 g/mol. The van der Waals surface area contributed by atoms with Crippen molar-refractivity contribution in [3.63, 3.8) is 0 Å². The molecule has 0 fully saturated rings. The Morgan fingerprint density at radius 1 is 0.893 bits per heavy atom. The van der Waals surface area contributed by atoms with E-state index in [1.807, 2.05) is 41.2 Å². The molecule has 0 bridgehead atoms. The number of carbonyl (C=O) groups is 1. The lowest BCUT2D eigenvalue weighted by atomic mass is 10.2. The zero-order chi connectivity index (χ0) is 19.3. The smallest absolute Gasteiger partial charge is 0.255 e. The minimum Gasteiger partial charge on any atom is -0.508 e. The van der Waals surface area contributed by atoms with Crippen LogP contribution in [0.2, 0.25) is 0 Å². The molecule has 2 aromatic heterocycles. The predicted molar refractivity (Wildman–Crippen MR) is 109 cm³/mol. The second-order valence-electron chi connectivity index (χ2n) is 6.16. The number of amides is 1. The third kappa shape index (κ3) is 3.86. The van der Waals surface area contributed by atoms with E-state index in [1.54, 1.807) is 54.7 Å². The van der Waals surface area contributed by atoms with Crippen molar-refractivity contribution in [2.45, 2.75) is 0 Å². The highest BCUT2D eigenvalue weighted by Crippen LogP contribution is 2.24. The molecule has 6 nitrogen and oxygen atoms in total. The Morgan fingerprint density at radius 3 is 2.32 bits per heavy atom. The maximum Gasteiger partial charge on any atom is 0.255 e. The maximum absolute atomic E-state index is 12.7. The van der Waals surface area contributed by atoms with E-state index in [1.165, 1.54) is 0 Å². The second kappa shape index (κ2) is 7.67. The first-order valence-corrected chi connectivity index (χ1v) is 8.75. The van der Waals surface area contributed by atoms with Crippen LogP contribution in [-0.2, 0) is 0 Å². The normalized spacial score (nSPS) is 10.4. The summed E-state index contributed by atoms with van der Waals surface area (Å²) in [5, 5.41) is 15.4. The van der Waals surface area contributed by atoms with Gasteiger partial charge in [0.1, 0.15) is 5.75 Å². The SMILES string of the molecule is O=C(Nc1cccnc1Nc1ccc(O)cc1)c1ccc(-n2cccc2)cc1. The van der Waals surface area contributed by atoms with Crippen LogP contribution in [0.15, 0.2) is 91.4 Å². The lowest BCUT2D eigenvalue weighted by molar-refractivity contribution is 0.102. The molecule has 0 aliphatic carbocycles. The fourth-order valence-electron chi connectivity index (χ4n) is 2.77. The zero-order valence-electron chi connectivity index (χ0n) is 14.9. The van der Waals surface area contributed by atoms with Gasteiger partial charge in [0.15, 0.2) is 5.82 Å². The molecule has 0 unspecified atom stereocenters. The molecule has 0 radical (unpaired) electrons. The van der Waals surface area contributed by atoms with Gasteiger partial charge in [0.25, 0.3) is 5.91 Å². The van der Waals surface area contributed by atoms with Gasteiger partial charge in [-0.2, -0.15) is 0 Å². The summed E-state index contributed by atoms with van der Waals surface area (Å²) in [7, 11) is 0. The number of hydrogen-bond donors (Lipinski definition) is 3. The minimum absolute atomic E-state index is 0.184. The van der Waals surface area contributed by atoms with Crippen LogP contribution in [-0.4, -0.2) is 20.6 Å². The Hall–Kier alpha value is -4.06. The number of pyridine rings is 1. The quantitative estimate of drug-likeness (QED) is 0.450. The zero-order valence-corrected chi connectivity index (χ0v) is 14.9. The van der Waals surface area contributed by atoms with Gasteiger partial charge in [-0.05, 0) is 72.8 Å². The summed E-state index contributed by atoms with van der Waals surface area (Å²) in [6.07, 6.45) is 5.54. The number of phenols is 1. The third-order valence-corrected chi connectivity index (χ3v) is 4.22. The summed E-state index contributed by atoms with van der Waals surface area (Å²) in [4.78, 5) is 17.0. The summed E-state index contributed by atoms with van der Waals surface area (Å²) in [6, 6.07) is 21.4. The molecule has 6 heteroatoms. The van der Waals surface area contributed by atoms with Crippen molar-refractivity contribution in [2.75, 3.05) is 10.6 Å². The van der Waals surface area contributed by atoms with E-state index in [9.17, 15) is 9.90 Å². The Morgan fingerprint density at radius 2 is 1.61 bits per heavy atom. The van der Waals surface area contributed by atoms with Gasteiger partial charge >= 0.3 is 0 Å². The summed E-state index contributed by atoms with van der Waals surface area (Å²) >= 11 is 0. The fourth-order valence-corrected chi connectivity index (χ4v) is 2.77. The number of phenolic OH excluding ortho intramolecular Hbond substituents is 1. The second-order valence-corrected chi connectivity index (χ2v) is 6.16. The van der Waals surface area contributed by atoms with E-state index in [4.69, 9.17) is 0 Å². The molecule has 0 atom stereocenters. The van der Waals surface area contributed by atoms with Crippen LogP contribution in [0.25, 0.3) is 5.69 Å². The van der Waals surface area contributed by atoms with Crippen molar-refractivity contribution in [1.29, 1.82) is 0 Å². The number of nitrogens with one attached hydrogen (secondary N) is 2. The van der Waals surface area contributed by atoms with Gasteiger partial charge in [0, 0.05) is 35.5 Å². The average molecular weight is 370 g/mol. The highest BCUT2D eigenvalue weighted by atomic mass is 16.3. The van der Waals surface area contributed by atoms with Crippen LogP contribution in [0, 0.1) is 0 Å². The van der Waals surface area contributed by atoms with Crippen LogP contribution < -0.4 is 10.6 Å². The highest BCUT2D eigenvalue weighted by Gasteiger charge is 2.10. The third-order valence-electron chi connectivity index (χ3n) is 4.22. The Balaban J connectivity index is 1.51. The number of nitrogens with zero attached hydrogens (tertiary/aromatic N) is 2. The number of anilines is 3. The first kappa shape index (κ1) is 17.4. The average Bonchev–Trinajstić information content (AvgIpc) is 3.26. The molecule has 2 heterocycles. The van der Waals surface area contributed by atoms with Gasteiger partial charge in [0.2, 0.25) is 0 Å². The Bertz CT molecular complexity index is 1070. The number of benzene rings is 2. The molecule has 138 valence electrons. The van der Waals surface area contributed by atoms with Crippen molar-refractivity contribution in [3.05, 3.63) is 97.0 Å². The standard InChI is InChI=1S/C22H18N4O2/c27-19-11-7-17(8-12-19)24-21-20(4-3-13-23-21)25-22(28)16-5-9-18(10-6-16)26-14-1-2-15-26/h1-15,27H,(H,23,24)(H,25,28). The number of rotatable bonds is 5. The van der Waals surface area contributed by atoms with Gasteiger partial charge in [-0.15, -0.1) is 0 Å². The monoisotopic (exact) mass is 370 g/mol. The molecule has 0 saturated heterocycles. The van der Waals surface area contributed by atoms with Gasteiger partial charge < -0.3 is 20.3 Å². The van der Waals surface area contributed by atoms with Crippen molar-refractivity contribution in [3.8, 4) is 11.4 Å². The van der Waals surface area contributed by atoms with Crippen molar-refractivity contribution < 1.29 is 9.90 Å². The predicted octanol–water partition coefficient (Wildman–Crippen LogP) is 4.57. The Labute approximate surface area is 162 Å². The summed E-state index contributed by atoms with van der Waals surface area (Å²) in [5.41, 5.74) is 2.85. The number of aromatic nitrogens is 2. The van der Waals surface area contributed by atoms with Crippen LogP contribution in [0.4, 0.5) is 17.2 Å². The molecule has 28 heavy (non-hydrogen) atoms. The number of aromatic hydroxyl groups is 1. The molecule has 3 N–H and O–H groups in total. The lowest BCUT2D eigenvalue weighted by Gasteiger charge is -2.12. The van der Waals surface area contributed by atoms with Crippen LogP contribution in [0.3, 0.4) is 0 Å². The van der Waals surface area contributed by atoms with Crippen molar-refractivity contribution >= 4 is 23.1 Å². The molecule has 0 saturated carbocycles. The van der Waals surface area contributed by atoms with Gasteiger partial charge in [0.05, 0.1) is 5.69 Å².